The van der Waals surface area contributed by atoms with Gasteiger partial charge in [-0.05, 0) is 121 Å². The molecule has 0 heterocycles. The van der Waals surface area contributed by atoms with E-state index in [1.165, 1.54) is 56.9 Å². The summed E-state index contributed by atoms with van der Waals surface area (Å²) in [5.41, 5.74) is 4.57. The fraction of sp³-hybridized carbons (Fsp3) is 0.739. The third-order valence-electron chi connectivity index (χ3n) is 14.2. The molecule has 0 N–H and O–H groups in total. The van der Waals surface area contributed by atoms with Gasteiger partial charge in [0, 0.05) is 18.3 Å². The summed E-state index contributed by atoms with van der Waals surface area (Å²) in [5, 5.41) is 0. The Bertz CT molecular complexity index is 1230. The molecule has 0 bridgehead atoms. The maximum atomic E-state index is 7.87. The van der Waals surface area contributed by atoms with Crippen molar-refractivity contribution in [3.63, 3.8) is 0 Å². The first kappa shape index (κ1) is 36.7. The summed E-state index contributed by atoms with van der Waals surface area (Å²) < 4.78 is 7.87. The van der Waals surface area contributed by atoms with Gasteiger partial charge in [-0.15, -0.1) is 0 Å². The fourth-order valence-corrected chi connectivity index (χ4v) is 12.4. The molecule has 1 nitrogen and oxygen atoms in total. The van der Waals surface area contributed by atoms with Gasteiger partial charge in [-0.3, -0.25) is 0 Å². The number of fused-ring (bicyclic) bond motifs is 1. The van der Waals surface area contributed by atoms with Crippen molar-refractivity contribution in [2.75, 3.05) is 0 Å². The zero-order chi connectivity index (χ0) is 34.1. The molecule has 0 saturated heterocycles. The molecule has 2 saturated carbocycles. The molecule has 0 aliphatic heterocycles. The fourth-order valence-electron chi connectivity index (χ4n) is 12.4. The van der Waals surface area contributed by atoms with Gasteiger partial charge in [-0.2, -0.15) is 0 Å². The van der Waals surface area contributed by atoms with E-state index >= 15 is 0 Å². The molecular weight excluding hydrogens is 569 g/mol. The molecule has 10 unspecified atom stereocenters. The minimum Gasteiger partial charge on any atom is -0.371 e. The Labute approximate surface area is 291 Å². The van der Waals surface area contributed by atoms with Gasteiger partial charge in [0.15, 0.2) is 0 Å². The molecule has 5 rings (SSSR count). The Morgan fingerprint density at radius 3 is 1.68 bits per heavy atom. The number of hydrogen-bond donors (Lipinski definition) is 0. The summed E-state index contributed by atoms with van der Waals surface area (Å²) in [7, 11) is 0. The summed E-state index contributed by atoms with van der Waals surface area (Å²) in [6, 6.07) is 21.3. The van der Waals surface area contributed by atoms with Crippen LogP contribution >= 0.6 is 0 Å². The largest absolute Gasteiger partial charge is 0.371 e. The third-order valence-corrected chi connectivity index (χ3v) is 14.2. The molecule has 3 aliphatic rings. The van der Waals surface area contributed by atoms with Crippen LogP contribution < -0.4 is 0 Å². The van der Waals surface area contributed by atoms with Crippen LogP contribution in [-0.4, -0.2) is 11.7 Å². The maximum Gasteiger partial charge on any atom is 0.0870 e. The molecule has 2 fully saturated rings. The Morgan fingerprint density at radius 2 is 1.21 bits per heavy atom. The van der Waals surface area contributed by atoms with Crippen LogP contribution in [-0.2, 0) is 11.2 Å². The zero-order valence-corrected chi connectivity index (χ0v) is 32.4. The molecule has 10 atom stereocenters. The van der Waals surface area contributed by atoms with E-state index in [0.29, 0.717) is 41.4 Å². The van der Waals surface area contributed by atoms with Crippen molar-refractivity contribution in [3.8, 4) is 0 Å². The molecule has 47 heavy (non-hydrogen) atoms. The van der Waals surface area contributed by atoms with Crippen LogP contribution in [0.15, 0.2) is 54.6 Å². The Morgan fingerprint density at radius 1 is 0.702 bits per heavy atom. The number of rotatable bonds is 12. The van der Waals surface area contributed by atoms with Gasteiger partial charge in [0.1, 0.15) is 0 Å². The lowest BCUT2D eigenvalue weighted by Gasteiger charge is -2.63. The average Bonchev–Trinajstić information content (AvgIpc) is 3.30. The van der Waals surface area contributed by atoms with Crippen LogP contribution in [0.5, 0.6) is 0 Å². The lowest BCUT2D eigenvalue weighted by molar-refractivity contribution is -0.182. The summed E-state index contributed by atoms with van der Waals surface area (Å²) in [4.78, 5) is 0. The first-order valence-electron chi connectivity index (χ1n) is 20.2. The van der Waals surface area contributed by atoms with Gasteiger partial charge in [0.05, 0.1) is 11.7 Å². The van der Waals surface area contributed by atoms with E-state index in [4.69, 9.17) is 4.74 Å². The molecular formula is C46H72O. The van der Waals surface area contributed by atoms with E-state index in [1.807, 2.05) is 0 Å². The minimum absolute atomic E-state index is 0.161. The molecule has 0 radical (unpaired) electrons. The molecule has 1 heteroatoms. The molecule has 0 aromatic heterocycles. The topological polar surface area (TPSA) is 9.23 Å². The summed E-state index contributed by atoms with van der Waals surface area (Å²) in [6.45, 7) is 27.7. The second-order valence-electron chi connectivity index (χ2n) is 18.0. The predicted molar refractivity (Wildman–Crippen MR) is 203 cm³/mol. The zero-order valence-electron chi connectivity index (χ0n) is 32.4. The summed E-state index contributed by atoms with van der Waals surface area (Å²) in [6.07, 6.45) is 11.9. The van der Waals surface area contributed by atoms with Crippen molar-refractivity contribution in [2.45, 2.75) is 157 Å². The third kappa shape index (κ3) is 6.79. The van der Waals surface area contributed by atoms with Crippen LogP contribution in [0.25, 0.3) is 0 Å². The lowest BCUT2D eigenvalue weighted by atomic mass is 9.43. The molecule has 262 valence electrons. The summed E-state index contributed by atoms with van der Waals surface area (Å²) in [5.74, 6) is 7.19. The van der Waals surface area contributed by atoms with E-state index in [-0.39, 0.29) is 17.1 Å². The van der Waals surface area contributed by atoms with Crippen molar-refractivity contribution in [1.82, 2.24) is 0 Å². The molecule has 2 aromatic carbocycles. The van der Waals surface area contributed by atoms with Gasteiger partial charge in [-0.1, -0.05) is 136 Å². The molecule has 0 amide bonds. The van der Waals surface area contributed by atoms with Crippen LogP contribution in [0.2, 0.25) is 0 Å². The van der Waals surface area contributed by atoms with Crippen molar-refractivity contribution in [1.29, 1.82) is 0 Å². The molecule has 3 aliphatic carbocycles. The first-order chi connectivity index (χ1) is 22.4. The quantitative estimate of drug-likeness (QED) is 0.224. The predicted octanol–water partition coefficient (Wildman–Crippen LogP) is 13.1. The second kappa shape index (κ2) is 15.1. The number of ether oxygens (including phenoxy) is 1. The Kier molecular flexibility index (Phi) is 11.8. The summed E-state index contributed by atoms with van der Waals surface area (Å²) >= 11 is 0. The normalized spacial score (nSPS) is 34.9. The highest BCUT2D eigenvalue weighted by Gasteiger charge is 2.67. The van der Waals surface area contributed by atoms with E-state index in [0.717, 1.165) is 30.1 Å². The van der Waals surface area contributed by atoms with Crippen molar-refractivity contribution < 1.29 is 4.74 Å². The van der Waals surface area contributed by atoms with Crippen molar-refractivity contribution >= 4 is 0 Å². The molecule has 0 spiro atoms. The average molecular weight is 641 g/mol. The lowest BCUT2D eigenvalue weighted by Crippen LogP contribution is -2.60. The van der Waals surface area contributed by atoms with Crippen LogP contribution in [0.1, 0.15) is 156 Å². The monoisotopic (exact) mass is 641 g/mol. The highest BCUT2D eigenvalue weighted by atomic mass is 16.5. The number of benzene rings is 2. The van der Waals surface area contributed by atoms with Gasteiger partial charge in [0.2, 0.25) is 0 Å². The van der Waals surface area contributed by atoms with Gasteiger partial charge in [-0.25, -0.2) is 0 Å². The van der Waals surface area contributed by atoms with Crippen LogP contribution in [0.4, 0.5) is 0 Å². The van der Waals surface area contributed by atoms with Crippen LogP contribution in [0, 0.1) is 58.7 Å². The van der Waals surface area contributed by atoms with Crippen molar-refractivity contribution in [3.05, 3.63) is 71.3 Å². The highest BCUT2D eigenvalue weighted by Crippen LogP contribution is 2.71. The van der Waals surface area contributed by atoms with E-state index < -0.39 is 0 Å². The minimum atomic E-state index is -0.297. The van der Waals surface area contributed by atoms with E-state index in [9.17, 15) is 0 Å². The standard InChI is InChI=1S/C46H72O/c1-12-35(11)43-39-21-17-18-22-40(39)44(46(43,47-32(7)8)29-36-19-15-14-16-20-36)45(13-2,41-27-33(9)23-25-37(41)30(3)4)42-28-34(10)24-26-38(42)31(5)6/h14-22,30-35,37-38,41-44H,12-13,23-29H2,1-11H3. The highest BCUT2D eigenvalue weighted by molar-refractivity contribution is 5.48. The van der Waals surface area contributed by atoms with Crippen LogP contribution in [0.3, 0.4) is 0 Å². The van der Waals surface area contributed by atoms with Gasteiger partial charge < -0.3 is 4.74 Å². The SMILES string of the molecule is CCC(C)C1c2ccccc2C(C(CC)(C2CC(C)CCC2C(C)C)C2CC(C)CCC2C(C)C)C1(Cc1ccccc1)OC(C)C. The Balaban J connectivity index is 1.91. The smallest absolute Gasteiger partial charge is 0.0870 e. The van der Waals surface area contributed by atoms with Crippen molar-refractivity contribution in [2.24, 2.45) is 58.7 Å². The van der Waals surface area contributed by atoms with Gasteiger partial charge in [0.25, 0.3) is 0 Å². The number of hydrogen-bond acceptors (Lipinski definition) is 1. The molecule has 2 aromatic rings. The Hall–Kier alpha value is -1.60. The second-order valence-corrected chi connectivity index (χ2v) is 18.0. The van der Waals surface area contributed by atoms with E-state index in [2.05, 4.69) is 131 Å². The first-order valence-corrected chi connectivity index (χ1v) is 20.2. The van der Waals surface area contributed by atoms with E-state index in [1.54, 1.807) is 11.1 Å². The van der Waals surface area contributed by atoms with Gasteiger partial charge >= 0.3 is 0 Å². The maximum absolute atomic E-state index is 7.87.